The van der Waals surface area contributed by atoms with Gasteiger partial charge in [0.1, 0.15) is 4.99 Å². The molecule has 3 rings (SSSR count). The lowest BCUT2D eigenvalue weighted by atomic mass is 9.90. The van der Waals surface area contributed by atoms with Gasteiger partial charge >= 0.3 is 0 Å². The van der Waals surface area contributed by atoms with Gasteiger partial charge in [-0.3, -0.25) is 0 Å². The van der Waals surface area contributed by atoms with Crippen molar-refractivity contribution in [1.29, 1.82) is 0 Å². The molecule has 0 radical (unpaired) electrons. The van der Waals surface area contributed by atoms with E-state index in [1.54, 1.807) is 0 Å². The van der Waals surface area contributed by atoms with Gasteiger partial charge in [0.15, 0.2) is 0 Å². The van der Waals surface area contributed by atoms with Crippen molar-refractivity contribution in [2.45, 2.75) is 32.6 Å². The lowest BCUT2D eigenvalue weighted by Gasteiger charge is -2.22. The zero-order valence-corrected chi connectivity index (χ0v) is 13.1. The third-order valence-electron chi connectivity index (χ3n) is 4.19. The van der Waals surface area contributed by atoms with Gasteiger partial charge in [0.25, 0.3) is 0 Å². The van der Waals surface area contributed by atoms with E-state index in [0.717, 1.165) is 23.2 Å². The Hall–Kier alpha value is -1.87. The van der Waals surface area contributed by atoms with E-state index in [4.69, 9.17) is 18.0 Å². The standard InChI is InChI=1S/C18H20N2S/c1-12-6-4-10-15(18(19)21)17(12)20-16-11-5-8-13-7-2-3-9-14(13)16/h4-6,8,10-11,20H,2-3,7,9H2,1H3,(H2,19,21). The van der Waals surface area contributed by atoms with Crippen LogP contribution in [0.15, 0.2) is 36.4 Å². The highest BCUT2D eigenvalue weighted by Gasteiger charge is 2.15. The summed E-state index contributed by atoms with van der Waals surface area (Å²) < 4.78 is 0. The van der Waals surface area contributed by atoms with E-state index in [-0.39, 0.29) is 0 Å². The molecule has 0 fully saturated rings. The summed E-state index contributed by atoms with van der Waals surface area (Å²) >= 11 is 5.18. The highest BCUT2D eigenvalue weighted by atomic mass is 32.1. The number of nitrogens with one attached hydrogen (secondary N) is 1. The number of para-hydroxylation sites is 1. The SMILES string of the molecule is Cc1cccc(C(N)=S)c1Nc1cccc2c1CCCC2. The molecule has 1 aliphatic carbocycles. The summed E-state index contributed by atoms with van der Waals surface area (Å²) in [5.41, 5.74) is 13.1. The third-order valence-corrected chi connectivity index (χ3v) is 4.41. The highest BCUT2D eigenvalue weighted by Crippen LogP contribution is 2.32. The second kappa shape index (κ2) is 5.86. The molecule has 2 aromatic rings. The summed E-state index contributed by atoms with van der Waals surface area (Å²) in [5, 5.41) is 3.58. The molecule has 0 atom stereocenters. The van der Waals surface area contributed by atoms with Crippen LogP contribution in [-0.2, 0) is 12.8 Å². The van der Waals surface area contributed by atoms with Crippen LogP contribution in [0.5, 0.6) is 0 Å². The third kappa shape index (κ3) is 2.79. The summed E-state index contributed by atoms with van der Waals surface area (Å²) in [7, 11) is 0. The normalized spacial score (nSPS) is 13.6. The molecule has 3 heteroatoms. The molecule has 0 bridgehead atoms. The number of fused-ring (bicyclic) bond motifs is 1. The Morgan fingerprint density at radius 1 is 1.10 bits per heavy atom. The van der Waals surface area contributed by atoms with Gasteiger partial charge in [-0.15, -0.1) is 0 Å². The average Bonchev–Trinajstić information content (AvgIpc) is 2.49. The zero-order chi connectivity index (χ0) is 14.8. The molecular formula is C18H20N2S. The predicted octanol–water partition coefficient (Wildman–Crippen LogP) is 4.25. The number of nitrogens with two attached hydrogens (primary N) is 1. The second-order valence-corrected chi connectivity index (χ2v) is 6.08. The molecule has 21 heavy (non-hydrogen) atoms. The average molecular weight is 296 g/mol. The number of aryl methyl sites for hydroxylation is 2. The van der Waals surface area contributed by atoms with Crippen molar-refractivity contribution < 1.29 is 0 Å². The maximum Gasteiger partial charge on any atom is 0.106 e. The lowest BCUT2D eigenvalue weighted by Crippen LogP contribution is -2.13. The van der Waals surface area contributed by atoms with Crippen LogP contribution in [-0.4, -0.2) is 4.99 Å². The van der Waals surface area contributed by atoms with Gasteiger partial charge < -0.3 is 11.1 Å². The Balaban J connectivity index is 2.04. The first-order valence-electron chi connectivity index (χ1n) is 7.44. The minimum Gasteiger partial charge on any atom is -0.389 e. The van der Waals surface area contributed by atoms with E-state index in [1.165, 1.54) is 36.1 Å². The van der Waals surface area contributed by atoms with Gasteiger partial charge in [0.05, 0.1) is 5.69 Å². The quantitative estimate of drug-likeness (QED) is 0.832. The zero-order valence-electron chi connectivity index (χ0n) is 12.3. The lowest BCUT2D eigenvalue weighted by molar-refractivity contribution is 0.687. The van der Waals surface area contributed by atoms with Gasteiger partial charge in [0.2, 0.25) is 0 Å². The maximum absolute atomic E-state index is 5.87. The van der Waals surface area contributed by atoms with E-state index < -0.39 is 0 Å². The molecule has 0 aliphatic heterocycles. The van der Waals surface area contributed by atoms with E-state index >= 15 is 0 Å². The number of hydrogen-bond acceptors (Lipinski definition) is 2. The molecule has 0 heterocycles. The summed E-state index contributed by atoms with van der Waals surface area (Å²) in [6, 6.07) is 12.6. The van der Waals surface area contributed by atoms with Gasteiger partial charge in [-0.25, -0.2) is 0 Å². The highest BCUT2D eigenvalue weighted by molar-refractivity contribution is 7.80. The first-order chi connectivity index (χ1) is 10.2. The Labute approximate surface area is 131 Å². The fourth-order valence-electron chi connectivity index (χ4n) is 3.07. The van der Waals surface area contributed by atoms with Crippen LogP contribution in [0.3, 0.4) is 0 Å². The van der Waals surface area contributed by atoms with E-state index in [2.05, 4.69) is 36.5 Å². The van der Waals surface area contributed by atoms with Crippen molar-refractivity contribution in [3.63, 3.8) is 0 Å². The van der Waals surface area contributed by atoms with Gasteiger partial charge in [-0.2, -0.15) is 0 Å². The molecule has 3 N–H and O–H groups in total. The summed E-state index contributed by atoms with van der Waals surface area (Å²) in [5.74, 6) is 0. The largest absolute Gasteiger partial charge is 0.389 e. The van der Waals surface area contributed by atoms with Crippen LogP contribution < -0.4 is 11.1 Å². The molecule has 0 unspecified atom stereocenters. The molecule has 0 saturated heterocycles. The fraction of sp³-hybridized carbons (Fsp3) is 0.278. The van der Waals surface area contributed by atoms with Crippen LogP contribution in [0.25, 0.3) is 0 Å². The summed E-state index contributed by atoms with van der Waals surface area (Å²) in [6.45, 7) is 2.08. The number of benzene rings is 2. The topological polar surface area (TPSA) is 38.0 Å². The molecule has 0 spiro atoms. The van der Waals surface area contributed by atoms with Crippen molar-refractivity contribution in [3.05, 3.63) is 58.7 Å². The number of hydrogen-bond donors (Lipinski definition) is 2. The van der Waals surface area contributed by atoms with E-state index in [9.17, 15) is 0 Å². The molecule has 108 valence electrons. The van der Waals surface area contributed by atoms with Crippen molar-refractivity contribution in [2.24, 2.45) is 5.73 Å². The smallest absolute Gasteiger partial charge is 0.106 e. The van der Waals surface area contributed by atoms with Gasteiger partial charge in [-0.05, 0) is 61.4 Å². The van der Waals surface area contributed by atoms with Crippen LogP contribution in [0.1, 0.15) is 35.1 Å². The first-order valence-corrected chi connectivity index (χ1v) is 7.85. The predicted molar refractivity (Wildman–Crippen MR) is 93.4 cm³/mol. The minimum absolute atomic E-state index is 0.436. The molecule has 0 amide bonds. The van der Waals surface area contributed by atoms with Crippen molar-refractivity contribution >= 4 is 28.6 Å². The van der Waals surface area contributed by atoms with E-state index in [0.29, 0.717) is 4.99 Å². The van der Waals surface area contributed by atoms with Crippen LogP contribution in [0, 0.1) is 6.92 Å². The Kier molecular flexibility index (Phi) is 3.93. The number of anilines is 2. The monoisotopic (exact) mass is 296 g/mol. The van der Waals surface area contributed by atoms with Crippen molar-refractivity contribution in [2.75, 3.05) is 5.32 Å². The van der Waals surface area contributed by atoms with E-state index in [1.807, 2.05) is 12.1 Å². The second-order valence-electron chi connectivity index (χ2n) is 5.64. The Morgan fingerprint density at radius 3 is 2.67 bits per heavy atom. The maximum atomic E-state index is 5.87. The van der Waals surface area contributed by atoms with Crippen LogP contribution in [0.4, 0.5) is 11.4 Å². The molecule has 1 aliphatic rings. The molecule has 0 saturated carbocycles. The number of thiocarbonyl (C=S) groups is 1. The Bertz CT molecular complexity index is 692. The van der Waals surface area contributed by atoms with Crippen LogP contribution in [0.2, 0.25) is 0 Å². The molecule has 2 nitrogen and oxygen atoms in total. The molecule has 0 aromatic heterocycles. The molecular weight excluding hydrogens is 276 g/mol. The summed E-state index contributed by atoms with van der Waals surface area (Å²) in [4.78, 5) is 0.436. The number of rotatable bonds is 3. The molecule has 2 aromatic carbocycles. The fourth-order valence-corrected chi connectivity index (χ4v) is 3.24. The van der Waals surface area contributed by atoms with Crippen molar-refractivity contribution in [3.8, 4) is 0 Å². The van der Waals surface area contributed by atoms with Gasteiger partial charge in [0, 0.05) is 11.3 Å². The van der Waals surface area contributed by atoms with Crippen molar-refractivity contribution in [1.82, 2.24) is 0 Å². The first kappa shape index (κ1) is 14.1. The van der Waals surface area contributed by atoms with Gasteiger partial charge in [-0.1, -0.05) is 36.5 Å². The Morgan fingerprint density at radius 2 is 1.86 bits per heavy atom. The van der Waals surface area contributed by atoms with Crippen LogP contribution >= 0.6 is 12.2 Å². The summed E-state index contributed by atoms with van der Waals surface area (Å²) in [6.07, 6.45) is 4.88. The minimum atomic E-state index is 0.436.